The maximum absolute atomic E-state index is 5.68. The molecule has 2 unspecified atom stereocenters. The largest absolute Gasteiger partial charge is 0.374 e. The summed E-state index contributed by atoms with van der Waals surface area (Å²) < 4.78 is 5.68. The van der Waals surface area contributed by atoms with E-state index in [1.807, 2.05) is 11.8 Å². The first-order valence-corrected chi connectivity index (χ1v) is 7.55. The Balaban J connectivity index is 2.25. The Labute approximate surface area is 99.9 Å². The zero-order valence-corrected chi connectivity index (χ0v) is 11.4. The molecule has 0 N–H and O–H groups in total. The summed E-state index contributed by atoms with van der Waals surface area (Å²) in [7, 11) is 0. The number of nitrogens with zero attached hydrogens (tertiary/aromatic N) is 1. The molecule has 0 amide bonds. The third-order valence-electron chi connectivity index (χ3n) is 2.53. The van der Waals surface area contributed by atoms with Gasteiger partial charge >= 0.3 is 0 Å². The molecule has 14 heavy (non-hydrogen) atoms. The first kappa shape index (κ1) is 12.8. The molecule has 0 radical (unpaired) electrons. The number of rotatable bonds is 5. The standard InChI is InChI=1S/C10H20BrNOS/c1-3-14-5-4-12-7-10(6-11)13-8-9(12)2/h9-10H,3-8H2,1-2H3. The summed E-state index contributed by atoms with van der Waals surface area (Å²) in [6.07, 6.45) is 0.387. The summed E-state index contributed by atoms with van der Waals surface area (Å²) in [4.78, 5) is 2.54. The van der Waals surface area contributed by atoms with Crippen LogP contribution in [0.4, 0.5) is 0 Å². The summed E-state index contributed by atoms with van der Waals surface area (Å²) >= 11 is 5.50. The van der Waals surface area contributed by atoms with Crippen LogP contribution in [0.1, 0.15) is 13.8 Å². The lowest BCUT2D eigenvalue weighted by Crippen LogP contribution is -2.49. The van der Waals surface area contributed by atoms with E-state index in [0.717, 1.165) is 18.5 Å². The van der Waals surface area contributed by atoms with Crippen molar-refractivity contribution in [1.29, 1.82) is 0 Å². The summed E-state index contributed by atoms with van der Waals surface area (Å²) in [6, 6.07) is 0.586. The Morgan fingerprint density at radius 3 is 3.00 bits per heavy atom. The Hall–Kier alpha value is 0.750. The van der Waals surface area contributed by atoms with Gasteiger partial charge in [0.15, 0.2) is 0 Å². The number of morpholine rings is 1. The third-order valence-corrected chi connectivity index (χ3v) is 4.14. The van der Waals surface area contributed by atoms with Crippen molar-refractivity contribution in [3.8, 4) is 0 Å². The van der Waals surface area contributed by atoms with E-state index in [4.69, 9.17) is 4.74 Å². The van der Waals surface area contributed by atoms with Crippen LogP contribution in [0.5, 0.6) is 0 Å². The Morgan fingerprint density at radius 2 is 2.36 bits per heavy atom. The molecule has 2 atom stereocenters. The SMILES string of the molecule is CCSCCN1CC(CBr)OCC1C. The van der Waals surface area contributed by atoms with Gasteiger partial charge in [-0.15, -0.1) is 0 Å². The lowest BCUT2D eigenvalue weighted by atomic mass is 10.2. The molecular weight excluding hydrogens is 262 g/mol. The highest BCUT2D eigenvalue weighted by Crippen LogP contribution is 2.14. The van der Waals surface area contributed by atoms with Crippen LogP contribution in [0.2, 0.25) is 0 Å². The second-order valence-corrected chi connectivity index (χ2v) is 5.69. The molecule has 0 aromatic rings. The molecule has 0 aromatic carbocycles. The smallest absolute Gasteiger partial charge is 0.0799 e. The van der Waals surface area contributed by atoms with Gasteiger partial charge in [-0.05, 0) is 12.7 Å². The van der Waals surface area contributed by atoms with Crippen LogP contribution >= 0.6 is 27.7 Å². The summed E-state index contributed by atoms with van der Waals surface area (Å²) in [5.41, 5.74) is 0. The molecule has 1 rings (SSSR count). The van der Waals surface area contributed by atoms with Gasteiger partial charge in [0.2, 0.25) is 0 Å². The highest BCUT2D eigenvalue weighted by molar-refractivity contribution is 9.09. The van der Waals surface area contributed by atoms with Crippen LogP contribution in [0.25, 0.3) is 0 Å². The first-order valence-electron chi connectivity index (χ1n) is 5.27. The Morgan fingerprint density at radius 1 is 1.57 bits per heavy atom. The van der Waals surface area contributed by atoms with Crippen LogP contribution < -0.4 is 0 Å². The molecule has 2 nitrogen and oxygen atoms in total. The van der Waals surface area contributed by atoms with E-state index >= 15 is 0 Å². The van der Waals surface area contributed by atoms with Crippen molar-refractivity contribution in [2.75, 3.05) is 36.5 Å². The normalized spacial score (nSPS) is 29.4. The summed E-state index contributed by atoms with van der Waals surface area (Å²) in [5, 5.41) is 0.955. The Kier molecular flexibility index (Phi) is 6.50. The molecular formula is C10H20BrNOS. The second kappa shape index (κ2) is 7.09. The van der Waals surface area contributed by atoms with E-state index in [1.54, 1.807) is 0 Å². The van der Waals surface area contributed by atoms with Gasteiger partial charge in [-0.25, -0.2) is 0 Å². The van der Waals surface area contributed by atoms with Gasteiger partial charge < -0.3 is 4.74 Å². The molecule has 0 bridgehead atoms. The number of halogens is 1. The van der Waals surface area contributed by atoms with Gasteiger partial charge in [-0.1, -0.05) is 22.9 Å². The predicted octanol–water partition coefficient (Wildman–Crippen LogP) is 2.22. The number of ether oxygens (including phenoxy) is 1. The van der Waals surface area contributed by atoms with Gasteiger partial charge in [-0.2, -0.15) is 11.8 Å². The van der Waals surface area contributed by atoms with Gasteiger partial charge in [-0.3, -0.25) is 4.90 Å². The van der Waals surface area contributed by atoms with E-state index < -0.39 is 0 Å². The van der Waals surface area contributed by atoms with Crippen molar-refractivity contribution in [1.82, 2.24) is 4.90 Å². The molecule has 1 heterocycles. The van der Waals surface area contributed by atoms with Crippen molar-refractivity contribution in [3.63, 3.8) is 0 Å². The zero-order chi connectivity index (χ0) is 10.4. The van der Waals surface area contributed by atoms with Crippen molar-refractivity contribution >= 4 is 27.7 Å². The van der Waals surface area contributed by atoms with E-state index in [2.05, 4.69) is 34.7 Å². The lowest BCUT2D eigenvalue weighted by molar-refractivity contribution is -0.0440. The number of hydrogen-bond acceptors (Lipinski definition) is 3. The molecule has 0 saturated carbocycles. The fraction of sp³-hybridized carbons (Fsp3) is 1.00. The minimum absolute atomic E-state index is 0.387. The Bertz CT molecular complexity index is 159. The molecule has 1 aliphatic rings. The molecule has 0 aromatic heterocycles. The monoisotopic (exact) mass is 281 g/mol. The maximum atomic E-state index is 5.68. The molecule has 0 aliphatic carbocycles. The first-order chi connectivity index (χ1) is 6.77. The minimum Gasteiger partial charge on any atom is -0.374 e. The van der Waals surface area contributed by atoms with Crippen molar-refractivity contribution in [2.24, 2.45) is 0 Å². The van der Waals surface area contributed by atoms with Gasteiger partial charge in [0.25, 0.3) is 0 Å². The minimum atomic E-state index is 0.387. The third kappa shape index (κ3) is 4.09. The van der Waals surface area contributed by atoms with E-state index in [0.29, 0.717) is 12.1 Å². The van der Waals surface area contributed by atoms with Crippen LogP contribution in [0.3, 0.4) is 0 Å². The quantitative estimate of drug-likeness (QED) is 0.567. The highest BCUT2D eigenvalue weighted by Gasteiger charge is 2.24. The van der Waals surface area contributed by atoms with Crippen LogP contribution in [0, 0.1) is 0 Å². The summed E-state index contributed by atoms with van der Waals surface area (Å²) in [5.74, 6) is 2.47. The highest BCUT2D eigenvalue weighted by atomic mass is 79.9. The topological polar surface area (TPSA) is 12.5 Å². The molecule has 0 spiro atoms. The molecule has 84 valence electrons. The maximum Gasteiger partial charge on any atom is 0.0799 e. The van der Waals surface area contributed by atoms with Gasteiger partial charge in [0.05, 0.1) is 12.7 Å². The van der Waals surface area contributed by atoms with E-state index in [-0.39, 0.29) is 0 Å². The number of alkyl halides is 1. The second-order valence-electron chi connectivity index (χ2n) is 3.65. The van der Waals surface area contributed by atoms with Crippen molar-refractivity contribution < 1.29 is 4.74 Å². The molecule has 4 heteroatoms. The van der Waals surface area contributed by atoms with Gasteiger partial charge in [0.1, 0.15) is 0 Å². The van der Waals surface area contributed by atoms with Crippen LogP contribution in [0.15, 0.2) is 0 Å². The average Bonchev–Trinajstić information content (AvgIpc) is 2.21. The number of hydrogen-bond donors (Lipinski definition) is 0. The van der Waals surface area contributed by atoms with Crippen LogP contribution in [-0.4, -0.2) is 53.6 Å². The lowest BCUT2D eigenvalue weighted by Gasteiger charge is -2.37. The fourth-order valence-electron chi connectivity index (χ4n) is 1.61. The fourth-order valence-corrected chi connectivity index (χ4v) is 2.65. The van der Waals surface area contributed by atoms with Gasteiger partial charge in [0, 0.05) is 30.2 Å². The molecule has 1 saturated heterocycles. The predicted molar refractivity (Wildman–Crippen MR) is 67.6 cm³/mol. The van der Waals surface area contributed by atoms with E-state index in [9.17, 15) is 0 Å². The van der Waals surface area contributed by atoms with Crippen molar-refractivity contribution in [3.05, 3.63) is 0 Å². The molecule has 1 aliphatic heterocycles. The van der Waals surface area contributed by atoms with Crippen LogP contribution in [-0.2, 0) is 4.74 Å². The molecule has 1 fully saturated rings. The summed E-state index contributed by atoms with van der Waals surface area (Å²) in [6.45, 7) is 7.63. The zero-order valence-electron chi connectivity index (χ0n) is 9.04. The van der Waals surface area contributed by atoms with Crippen molar-refractivity contribution in [2.45, 2.75) is 26.0 Å². The van der Waals surface area contributed by atoms with E-state index in [1.165, 1.54) is 18.1 Å². The number of thioether (sulfide) groups is 1. The average molecular weight is 282 g/mol.